The molecule has 0 saturated carbocycles. The van der Waals surface area contributed by atoms with Crippen molar-refractivity contribution in [3.8, 4) is 0 Å². The molecule has 0 radical (unpaired) electrons. The second-order valence-electron chi connectivity index (χ2n) is 3.85. The molecule has 0 aliphatic heterocycles. The van der Waals surface area contributed by atoms with Crippen molar-refractivity contribution in [2.45, 2.75) is 10.4 Å². The van der Waals surface area contributed by atoms with E-state index < -0.39 is 17.2 Å². The van der Waals surface area contributed by atoms with Crippen LogP contribution in [-0.2, 0) is 0 Å². The molecule has 0 saturated heterocycles. The van der Waals surface area contributed by atoms with Gasteiger partial charge >= 0.3 is 5.51 Å². The molecule has 21 heavy (non-hydrogen) atoms. The second-order valence-corrected chi connectivity index (χ2v) is 4.96. The van der Waals surface area contributed by atoms with Crippen LogP contribution in [0.25, 0.3) is 0 Å². The average Bonchev–Trinajstić information content (AvgIpc) is 2.40. The number of pyridine rings is 1. The van der Waals surface area contributed by atoms with Crippen molar-refractivity contribution in [2.75, 3.05) is 5.32 Å². The molecule has 8 heteroatoms. The number of rotatable bonds is 3. The van der Waals surface area contributed by atoms with Gasteiger partial charge in [-0.05, 0) is 30.0 Å². The fourth-order valence-electron chi connectivity index (χ4n) is 1.53. The Bertz CT molecular complexity index is 661. The molecule has 0 aliphatic rings. The molecule has 0 aliphatic carbocycles. The number of hydrogen-bond donors (Lipinski definition) is 1. The zero-order valence-corrected chi connectivity index (χ0v) is 11.1. The van der Waals surface area contributed by atoms with Crippen LogP contribution in [-0.4, -0.2) is 16.4 Å². The zero-order chi connectivity index (χ0) is 15.5. The number of amides is 1. The molecule has 1 N–H and O–H groups in total. The van der Waals surface area contributed by atoms with Crippen LogP contribution in [0.3, 0.4) is 0 Å². The van der Waals surface area contributed by atoms with Gasteiger partial charge in [-0.1, -0.05) is 12.1 Å². The lowest BCUT2D eigenvalue weighted by atomic mass is 10.2. The molecule has 1 heterocycles. The van der Waals surface area contributed by atoms with E-state index in [1.807, 2.05) is 0 Å². The summed E-state index contributed by atoms with van der Waals surface area (Å²) in [6.45, 7) is 0. The van der Waals surface area contributed by atoms with E-state index >= 15 is 0 Å². The molecule has 1 aromatic heterocycles. The van der Waals surface area contributed by atoms with Crippen LogP contribution in [0, 0.1) is 5.82 Å². The minimum atomic E-state index is -4.48. The lowest BCUT2D eigenvalue weighted by Gasteiger charge is -2.12. The topological polar surface area (TPSA) is 42.0 Å². The van der Waals surface area contributed by atoms with Crippen molar-refractivity contribution < 1.29 is 22.4 Å². The standard InChI is InChI=1S/C13H8F4N2OS/c14-9-7-18-6-5-8(9)12(20)19-10-3-1-2-4-11(10)21-13(15,16)17/h1-7H,(H,19,20). The van der Waals surface area contributed by atoms with E-state index in [-0.39, 0.29) is 27.9 Å². The normalized spacial score (nSPS) is 11.2. The molecule has 110 valence electrons. The van der Waals surface area contributed by atoms with Crippen molar-refractivity contribution in [3.63, 3.8) is 0 Å². The Morgan fingerprint density at radius 2 is 1.90 bits per heavy atom. The minimum Gasteiger partial charge on any atom is -0.321 e. The maximum atomic E-state index is 13.4. The molecule has 3 nitrogen and oxygen atoms in total. The SMILES string of the molecule is O=C(Nc1ccccc1SC(F)(F)F)c1ccncc1F. The first kappa shape index (κ1) is 15.3. The van der Waals surface area contributed by atoms with E-state index in [2.05, 4.69) is 10.3 Å². The van der Waals surface area contributed by atoms with Crippen LogP contribution in [0.2, 0.25) is 0 Å². The zero-order valence-electron chi connectivity index (χ0n) is 10.3. The summed E-state index contributed by atoms with van der Waals surface area (Å²) in [6, 6.07) is 6.56. The van der Waals surface area contributed by atoms with E-state index in [1.165, 1.54) is 30.5 Å². The highest BCUT2D eigenvalue weighted by Gasteiger charge is 2.30. The summed E-state index contributed by atoms with van der Waals surface area (Å²) >= 11 is -0.352. The van der Waals surface area contributed by atoms with Crippen LogP contribution in [0.5, 0.6) is 0 Å². The van der Waals surface area contributed by atoms with Crippen molar-refractivity contribution in [1.82, 2.24) is 4.98 Å². The van der Waals surface area contributed by atoms with E-state index in [1.54, 1.807) is 0 Å². The van der Waals surface area contributed by atoms with Crippen LogP contribution >= 0.6 is 11.8 Å². The highest BCUT2D eigenvalue weighted by atomic mass is 32.2. The van der Waals surface area contributed by atoms with Gasteiger partial charge in [0.1, 0.15) is 0 Å². The Hall–Kier alpha value is -2.09. The lowest BCUT2D eigenvalue weighted by Crippen LogP contribution is -2.15. The van der Waals surface area contributed by atoms with Crippen molar-refractivity contribution in [3.05, 3.63) is 54.1 Å². The number of anilines is 1. The van der Waals surface area contributed by atoms with Gasteiger partial charge in [0.25, 0.3) is 5.91 Å². The first-order valence-electron chi connectivity index (χ1n) is 5.62. The Kier molecular flexibility index (Phi) is 4.46. The monoisotopic (exact) mass is 316 g/mol. The Morgan fingerprint density at radius 1 is 1.19 bits per heavy atom. The predicted molar refractivity (Wildman–Crippen MR) is 70.5 cm³/mol. The number of hydrogen-bond acceptors (Lipinski definition) is 3. The van der Waals surface area contributed by atoms with Gasteiger partial charge in [-0.3, -0.25) is 9.78 Å². The molecule has 0 bridgehead atoms. The smallest absolute Gasteiger partial charge is 0.321 e. The summed E-state index contributed by atoms with van der Waals surface area (Å²) < 4.78 is 50.7. The third kappa shape index (κ3) is 4.19. The minimum absolute atomic E-state index is 0.0407. The van der Waals surface area contributed by atoms with Gasteiger partial charge in [-0.2, -0.15) is 13.2 Å². The molecule has 2 rings (SSSR count). The Morgan fingerprint density at radius 3 is 2.57 bits per heavy atom. The fraction of sp³-hybridized carbons (Fsp3) is 0.0769. The van der Waals surface area contributed by atoms with Gasteiger partial charge in [0.2, 0.25) is 0 Å². The molecule has 0 spiro atoms. The number of carbonyl (C=O) groups excluding carboxylic acids is 1. The van der Waals surface area contributed by atoms with Gasteiger partial charge in [0.15, 0.2) is 5.82 Å². The van der Waals surface area contributed by atoms with E-state index in [0.717, 1.165) is 12.3 Å². The van der Waals surface area contributed by atoms with E-state index in [9.17, 15) is 22.4 Å². The first-order chi connectivity index (χ1) is 9.87. The third-order valence-corrected chi connectivity index (χ3v) is 3.19. The fourth-order valence-corrected chi connectivity index (χ4v) is 2.16. The van der Waals surface area contributed by atoms with Crippen LogP contribution < -0.4 is 5.32 Å². The van der Waals surface area contributed by atoms with Crippen molar-refractivity contribution in [1.29, 1.82) is 0 Å². The summed E-state index contributed by atoms with van der Waals surface area (Å²) in [6.07, 6.45) is 2.07. The first-order valence-corrected chi connectivity index (χ1v) is 6.44. The third-order valence-electron chi connectivity index (χ3n) is 2.38. The highest BCUT2D eigenvalue weighted by Crippen LogP contribution is 2.40. The van der Waals surface area contributed by atoms with E-state index in [4.69, 9.17) is 0 Å². The Balaban J connectivity index is 2.24. The number of para-hydroxylation sites is 1. The van der Waals surface area contributed by atoms with Crippen LogP contribution in [0.4, 0.5) is 23.2 Å². The molecule has 0 atom stereocenters. The largest absolute Gasteiger partial charge is 0.446 e. The molecule has 1 amide bonds. The number of nitrogens with zero attached hydrogens (tertiary/aromatic N) is 1. The highest BCUT2D eigenvalue weighted by molar-refractivity contribution is 8.00. The number of nitrogens with one attached hydrogen (secondary N) is 1. The molecule has 0 fully saturated rings. The van der Waals surface area contributed by atoms with Gasteiger partial charge in [-0.15, -0.1) is 0 Å². The maximum Gasteiger partial charge on any atom is 0.446 e. The number of aromatic nitrogens is 1. The number of thioether (sulfide) groups is 1. The van der Waals surface area contributed by atoms with Crippen LogP contribution in [0.15, 0.2) is 47.6 Å². The second kappa shape index (κ2) is 6.13. The predicted octanol–water partition coefficient (Wildman–Crippen LogP) is 4.08. The molecule has 1 aromatic carbocycles. The molecular weight excluding hydrogens is 308 g/mol. The van der Waals surface area contributed by atoms with E-state index in [0.29, 0.717) is 0 Å². The summed E-state index contributed by atoms with van der Waals surface area (Å²) in [4.78, 5) is 15.2. The molecule has 0 unspecified atom stereocenters. The molecule has 2 aromatic rings. The van der Waals surface area contributed by atoms with Gasteiger partial charge in [-0.25, -0.2) is 4.39 Å². The van der Waals surface area contributed by atoms with Gasteiger partial charge in [0, 0.05) is 11.1 Å². The number of halogens is 4. The lowest BCUT2D eigenvalue weighted by molar-refractivity contribution is -0.0328. The summed E-state index contributed by atoms with van der Waals surface area (Å²) in [5, 5.41) is 2.26. The van der Waals surface area contributed by atoms with Gasteiger partial charge < -0.3 is 5.32 Å². The number of carbonyl (C=O) groups is 1. The van der Waals surface area contributed by atoms with Crippen molar-refractivity contribution >= 4 is 23.4 Å². The van der Waals surface area contributed by atoms with Crippen molar-refractivity contribution in [2.24, 2.45) is 0 Å². The summed E-state index contributed by atoms with van der Waals surface area (Å²) in [5.74, 6) is -1.69. The summed E-state index contributed by atoms with van der Waals surface area (Å²) in [5.41, 5.74) is -4.82. The number of benzene rings is 1. The summed E-state index contributed by atoms with van der Waals surface area (Å²) in [7, 11) is 0. The maximum absolute atomic E-state index is 13.4. The molecular formula is C13H8F4N2OS. The Labute approximate surface area is 121 Å². The van der Waals surface area contributed by atoms with Crippen LogP contribution in [0.1, 0.15) is 10.4 Å². The quantitative estimate of drug-likeness (QED) is 0.685. The average molecular weight is 316 g/mol. The number of alkyl halides is 3. The van der Waals surface area contributed by atoms with Gasteiger partial charge in [0.05, 0.1) is 17.4 Å².